The Morgan fingerprint density at radius 1 is 0.885 bits per heavy atom. The van der Waals surface area contributed by atoms with Crippen molar-refractivity contribution in [3.63, 3.8) is 0 Å². The fourth-order valence-electron chi connectivity index (χ4n) is 2.83. The Morgan fingerprint density at radius 2 is 1.38 bits per heavy atom. The zero-order valence-electron chi connectivity index (χ0n) is 14.6. The van der Waals surface area contributed by atoms with Crippen molar-refractivity contribution >= 4 is 0 Å². The lowest BCUT2D eigenvalue weighted by Crippen LogP contribution is -2.37. The third-order valence-corrected chi connectivity index (χ3v) is 4.26. The molecule has 1 aliphatic heterocycles. The van der Waals surface area contributed by atoms with Crippen LogP contribution in [0, 0.1) is 0 Å². The van der Waals surface area contributed by atoms with Gasteiger partial charge in [-0.1, -0.05) is 62.4 Å². The molecule has 0 spiro atoms. The quantitative estimate of drug-likeness (QED) is 0.722. The van der Waals surface area contributed by atoms with Crippen LogP contribution >= 0.6 is 0 Å². The standard InChI is InChI=1S/C20H21F3O3/c1-13(2)14-3-5-15(6-4-14)16-7-9-17(10-8-16)19-24-11-18(12-25-19)26-20(21,22)23/h3-10,13,18-19H,11-12H2,1-2H3. The van der Waals surface area contributed by atoms with Gasteiger partial charge in [0.15, 0.2) is 6.29 Å². The summed E-state index contributed by atoms with van der Waals surface area (Å²) in [5.74, 6) is 0.483. The Morgan fingerprint density at radius 3 is 1.85 bits per heavy atom. The van der Waals surface area contributed by atoms with Crippen LogP contribution in [0.25, 0.3) is 11.1 Å². The van der Waals surface area contributed by atoms with E-state index in [2.05, 4.69) is 42.8 Å². The van der Waals surface area contributed by atoms with Crippen LogP contribution in [-0.2, 0) is 14.2 Å². The average molecular weight is 366 g/mol. The molecule has 3 nitrogen and oxygen atoms in total. The molecule has 140 valence electrons. The fourth-order valence-corrected chi connectivity index (χ4v) is 2.83. The minimum atomic E-state index is -4.68. The molecular weight excluding hydrogens is 345 g/mol. The van der Waals surface area contributed by atoms with E-state index in [0.29, 0.717) is 5.92 Å². The Labute approximate surface area is 150 Å². The molecule has 0 saturated carbocycles. The highest BCUT2D eigenvalue weighted by Gasteiger charge is 2.36. The van der Waals surface area contributed by atoms with Crippen molar-refractivity contribution in [3.8, 4) is 11.1 Å². The number of ether oxygens (including phenoxy) is 3. The van der Waals surface area contributed by atoms with E-state index in [9.17, 15) is 13.2 Å². The Balaban J connectivity index is 1.61. The van der Waals surface area contributed by atoms with E-state index < -0.39 is 18.8 Å². The summed E-state index contributed by atoms with van der Waals surface area (Å²) in [4.78, 5) is 0. The Kier molecular flexibility index (Phi) is 5.65. The number of halogens is 3. The van der Waals surface area contributed by atoms with Crippen molar-refractivity contribution in [1.82, 2.24) is 0 Å². The zero-order valence-corrected chi connectivity index (χ0v) is 14.6. The van der Waals surface area contributed by atoms with Gasteiger partial charge in [-0.15, -0.1) is 13.2 Å². The van der Waals surface area contributed by atoms with E-state index in [-0.39, 0.29) is 13.2 Å². The van der Waals surface area contributed by atoms with E-state index in [0.717, 1.165) is 16.7 Å². The predicted molar refractivity (Wildman–Crippen MR) is 91.5 cm³/mol. The highest BCUT2D eigenvalue weighted by molar-refractivity contribution is 5.64. The first-order valence-corrected chi connectivity index (χ1v) is 8.50. The number of benzene rings is 2. The van der Waals surface area contributed by atoms with Gasteiger partial charge in [-0.05, 0) is 22.6 Å². The van der Waals surface area contributed by atoms with E-state index in [1.165, 1.54) is 5.56 Å². The van der Waals surface area contributed by atoms with E-state index in [1.54, 1.807) is 0 Å². The van der Waals surface area contributed by atoms with Crippen molar-refractivity contribution in [3.05, 3.63) is 59.7 Å². The maximum atomic E-state index is 12.2. The fraction of sp³-hybridized carbons (Fsp3) is 0.400. The largest absolute Gasteiger partial charge is 0.522 e. The number of rotatable bonds is 4. The SMILES string of the molecule is CC(C)c1ccc(-c2ccc(C3OCC(OC(F)(F)F)CO3)cc2)cc1. The van der Waals surface area contributed by atoms with Crippen LogP contribution in [-0.4, -0.2) is 25.7 Å². The van der Waals surface area contributed by atoms with Gasteiger partial charge in [0.05, 0.1) is 13.2 Å². The summed E-state index contributed by atoms with van der Waals surface area (Å²) in [6.07, 6.45) is -6.50. The lowest BCUT2D eigenvalue weighted by Gasteiger charge is -2.30. The molecule has 26 heavy (non-hydrogen) atoms. The lowest BCUT2D eigenvalue weighted by atomic mass is 9.98. The first kappa shape index (κ1) is 18.9. The molecule has 0 unspecified atom stereocenters. The summed E-state index contributed by atoms with van der Waals surface area (Å²) in [6.45, 7) is 3.97. The van der Waals surface area contributed by atoms with Gasteiger partial charge >= 0.3 is 6.36 Å². The van der Waals surface area contributed by atoms with Crippen molar-refractivity contribution in [1.29, 1.82) is 0 Å². The third kappa shape index (κ3) is 4.84. The summed E-state index contributed by atoms with van der Waals surface area (Å²) in [7, 11) is 0. The van der Waals surface area contributed by atoms with Crippen LogP contribution in [0.3, 0.4) is 0 Å². The highest BCUT2D eigenvalue weighted by Crippen LogP contribution is 2.29. The van der Waals surface area contributed by atoms with Crippen molar-refractivity contribution < 1.29 is 27.4 Å². The molecule has 0 N–H and O–H groups in total. The number of hydrogen-bond acceptors (Lipinski definition) is 3. The van der Waals surface area contributed by atoms with Crippen LogP contribution in [0.4, 0.5) is 13.2 Å². The van der Waals surface area contributed by atoms with Crippen molar-refractivity contribution in [2.75, 3.05) is 13.2 Å². The van der Waals surface area contributed by atoms with Gasteiger partial charge in [0.1, 0.15) is 6.10 Å². The second kappa shape index (κ2) is 7.78. The van der Waals surface area contributed by atoms with Gasteiger partial charge in [-0.2, -0.15) is 0 Å². The normalized spacial score (nSPS) is 21.2. The van der Waals surface area contributed by atoms with Crippen molar-refractivity contribution in [2.45, 2.75) is 38.5 Å². The predicted octanol–water partition coefficient (Wildman–Crippen LogP) is 5.43. The lowest BCUT2D eigenvalue weighted by molar-refractivity contribution is -0.368. The molecule has 0 amide bonds. The minimum Gasteiger partial charge on any atom is -0.346 e. The molecule has 2 aromatic rings. The summed E-state index contributed by atoms with van der Waals surface area (Å²) < 4.78 is 51.2. The monoisotopic (exact) mass is 366 g/mol. The maximum absolute atomic E-state index is 12.2. The zero-order chi connectivity index (χ0) is 18.7. The molecule has 0 aliphatic carbocycles. The van der Waals surface area contributed by atoms with Crippen LogP contribution < -0.4 is 0 Å². The number of hydrogen-bond donors (Lipinski definition) is 0. The van der Waals surface area contributed by atoms with Crippen LogP contribution in [0.5, 0.6) is 0 Å². The van der Waals surface area contributed by atoms with Gasteiger partial charge in [-0.25, -0.2) is 0 Å². The molecule has 0 aromatic heterocycles. The average Bonchev–Trinajstić information content (AvgIpc) is 2.61. The molecule has 1 aliphatic rings. The van der Waals surface area contributed by atoms with Gasteiger partial charge in [0.25, 0.3) is 0 Å². The minimum absolute atomic E-state index is 0.164. The molecule has 1 heterocycles. The first-order valence-electron chi connectivity index (χ1n) is 8.50. The van der Waals surface area contributed by atoms with Crippen LogP contribution in [0.2, 0.25) is 0 Å². The molecule has 6 heteroatoms. The van der Waals surface area contributed by atoms with Gasteiger partial charge in [0, 0.05) is 5.56 Å². The molecule has 3 rings (SSSR count). The van der Waals surface area contributed by atoms with Gasteiger partial charge in [0.2, 0.25) is 0 Å². The van der Waals surface area contributed by atoms with Gasteiger partial charge in [-0.3, -0.25) is 4.74 Å². The molecule has 0 radical (unpaired) electrons. The summed E-state index contributed by atoms with van der Waals surface area (Å²) in [5.41, 5.74) is 4.20. The van der Waals surface area contributed by atoms with E-state index in [4.69, 9.17) is 9.47 Å². The van der Waals surface area contributed by atoms with E-state index in [1.807, 2.05) is 24.3 Å². The number of alkyl halides is 3. The summed E-state index contributed by atoms with van der Waals surface area (Å²) in [6, 6.07) is 16.0. The molecule has 0 bridgehead atoms. The molecular formula is C20H21F3O3. The third-order valence-electron chi connectivity index (χ3n) is 4.26. The van der Waals surface area contributed by atoms with Crippen molar-refractivity contribution in [2.24, 2.45) is 0 Å². The van der Waals surface area contributed by atoms with E-state index >= 15 is 0 Å². The first-order chi connectivity index (χ1) is 12.3. The molecule has 2 aromatic carbocycles. The molecule has 1 saturated heterocycles. The van der Waals surface area contributed by atoms with Crippen LogP contribution in [0.1, 0.15) is 37.2 Å². The Hall–Kier alpha value is -1.89. The smallest absolute Gasteiger partial charge is 0.346 e. The summed E-state index contributed by atoms with van der Waals surface area (Å²) >= 11 is 0. The second-order valence-corrected chi connectivity index (χ2v) is 6.58. The van der Waals surface area contributed by atoms with Crippen LogP contribution in [0.15, 0.2) is 48.5 Å². The topological polar surface area (TPSA) is 27.7 Å². The van der Waals surface area contributed by atoms with Gasteiger partial charge < -0.3 is 9.47 Å². The Bertz CT molecular complexity index is 701. The molecule has 1 fully saturated rings. The maximum Gasteiger partial charge on any atom is 0.522 e. The molecule has 0 atom stereocenters. The second-order valence-electron chi connectivity index (χ2n) is 6.58. The summed E-state index contributed by atoms with van der Waals surface area (Å²) in [5, 5.41) is 0. The highest BCUT2D eigenvalue weighted by atomic mass is 19.4.